The van der Waals surface area contributed by atoms with Crippen molar-refractivity contribution in [3.05, 3.63) is 0 Å². The number of carbonyl (C=O) groups is 2. The fourth-order valence-electron chi connectivity index (χ4n) is 2.02. The summed E-state index contributed by atoms with van der Waals surface area (Å²) < 4.78 is 0. The van der Waals surface area contributed by atoms with E-state index in [-0.39, 0.29) is 0 Å². The molecule has 98 valence electrons. The SMILES string of the molecule is O=C(NCC1CCCCC1)NC(CO)C(=O)O. The molecule has 0 aromatic carbocycles. The highest BCUT2D eigenvalue weighted by Crippen LogP contribution is 2.22. The second kappa shape index (κ2) is 7.11. The first kappa shape index (κ1) is 13.8. The summed E-state index contributed by atoms with van der Waals surface area (Å²) in [5.41, 5.74) is 0. The van der Waals surface area contributed by atoms with Crippen LogP contribution in [0.1, 0.15) is 32.1 Å². The first-order valence-electron chi connectivity index (χ1n) is 6.01. The molecule has 0 radical (unpaired) electrons. The van der Waals surface area contributed by atoms with Crippen molar-refractivity contribution in [1.29, 1.82) is 0 Å². The lowest BCUT2D eigenvalue weighted by Gasteiger charge is -2.22. The van der Waals surface area contributed by atoms with Gasteiger partial charge in [-0.15, -0.1) is 0 Å². The fourth-order valence-corrected chi connectivity index (χ4v) is 2.02. The minimum absolute atomic E-state index is 0.493. The van der Waals surface area contributed by atoms with Crippen molar-refractivity contribution >= 4 is 12.0 Å². The van der Waals surface area contributed by atoms with Gasteiger partial charge in [-0.25, -0.2) is 9.59 Å². The largest absolute Gasteiger partial charge is 0.480 e. The van der Waals surface area contributed by atoms with E-state index in [0.717, 1.165) is 12.8 Å². The van der Waals surface area contributed by atoms with E-state index in [1.54, 1.807) is 0 Å². The van der Waals surface area contributed by atoms with E-state index in [9.17, 15) is 9.59 Å². The third-order valence-corrected chi connectivity index (χ3v) is 3.06. The lowest BCUT2D eigenvalue weighted by molar-refractivity contribution is -0.140. The summed E-state index contributed by atoms with van der Waals surface area (Å²) in [6.45, 7) is -0.0320. The van der Waals surface area contributed by atoms with Crippen molar-refractivity contribution in [3.8, 4) is 0 Å². The van der Waals surface area contributed by atoms with Crippen LogP contribution in [0.5, 0.6) is 0 Å². The highest BCUT2D eigenvalue weighted by Gasteiger charge is 2.19. The molecule has 1 rings (SSSR count). The van der Waals surface area contributed by atoms with E-state index in [1.807, 2.05) is 0 Å². The van der Waals surface area contributed by atoms with Gasteiger partial charge in [-0.05, 0) is 18.8 Å². The van der Waals surface area contributed by atoms with Gasteiger partial charge in [0.15, 0.2) is 6.04 Å². The number of urea groups is 1. The summed E-state index contributed by atoms with van der Waals surface area (Å²) >= 11 is 0. The number of rotatable bonds is 5. The monoisotopic (exact) mass is 244 g/mol. The Kier molecular flexibility index (Phi) is 5.76. The maximum Gasteiger partial charge on any atom is 0.328 e. The Morgan fingerprint density at radius 2 is 1.88 bits per heavy atom. The van der Waals surface area contributed by atoms with Crippen LogP contribution in [0, 0.1) is 5.92 Å². The van der Waals surface area contributed by atoms with E-state index in [2.05, 4.69) is 10.6 Å². The average molecular weight is 244 g/mol. The lowest BCUT2D eigenvalue weighted by atomic mass is 9.89. The summed E-state index contributed by atoms with van der Waals surface area (Å²) in [6.07, 6.45) is 5.88. The van der Waals surface area contributed by atoms with Gasteiger partial charge in [0.1, 0.15) is 0 Å². The predicted molar refractivity (Wildman–Crippen MR) is 61.6 cm³/mol. The first-order valence-corrected chi connectivity index (χ1v) is 6.01. The van der Waals surface area contributed by atoms with Crippen molar-refractivity contribution in [1.82, 2.24) is 10.6 Å². The van der Waals surface area contributed by atoms with Crippen LogP contribution in [0.15, 0.2) is 0 Å². The van der Waals surface area contributed by atoms with E-state index in [4.69, 9.17) is 10.2 Å². The zero-order valence-corrected chi connectivity index (χ0v) is 9.82. The minimum Gasteiger partial charge on any atom is -0.480 e. The van der Waals surface area contributed by atoms with Crippen LogP contribution >= 0.6 is 0 Å². The van der Waals surface area contributed by atoms with Gasteiger partial charge in [-0.1, -0.05) is 19.3 Å². The number of carboxylic acid groups (broad SMARTS) is 1. The van der Waals surface area contributed by atoms with Gasteiger partial charge in [0.2, 0.25) is 0 Å². The smallest absolute Gasteiger partial charge is 0.328 e. The molecule has 17 heavy (non-hydrogen) atoms. The Hall–Kier alpha value is -1.30. The molecular formula is C11H20N2O4. The number of aliphatic hydroxyl groups is 1. The van der Waals surface area contributed by atoms with E-state index in [1.165, 1.54) is 19.3 Å². The number of carbonyl (C=O) groups excluding carboxylic acids is 1. The van der Waals surface area contributed by atoms with Crippen LogP contribution in [-0.4, -0.2) is 41.4 Å². The van der Waals surface area contributed by atoms with Gasteiger partial charge < -0.3 is 20.8 Å². The molecule has 0 aromatic rings. The molecule has 0 bridgehead atoms. The molecule has 1 fully saturated rings. The summed E-state index contributed by atoms with van der Waals surface area (Å²) in [4.78, 5) is 21.9. The van der Waals surface area contributed by atoms with Crippen LogP contribution in [0.4, 0.5) is 4.79 Å². The molecule has 1 saturated carbocycles. The standard InChI is InChI=1S/C11H20N2O4/c14-7-9(10(15)16)13-11(17)12-6-8-4-2-1-3-5-8/h8-9,14H,1-7H2,(H,15,16)(H2,12,13,17). The molecule has 1 aliphatic rings. The highest BCUT2D eigenvalue weighted by molar-refractivity contribution is 5.82. The van der Waals surface area contributed by atoms with Gasteiger partial charge in [0.05, 0.1) is 6.61 Å². The third kappa shape index (κ3) is 5.04. The van der Waals surface area contributed by atoms with Crippen LogP contribution in [-0.2, 0) is 4.79 Å². The van der Waals surface area contributed by atoms with Gasteiger partial charge >= 0.3 is 12.0 Å². The Morgan fingerprint density at radius 3 is 2.41 bits per heavy atom. The Balaban J connectivity index is 2.21. The maximum absolute atomic E-state index is 11.4. The van der Waals surface area contributed by atoms with Crippen LogP contribution in [0.3, 0.4) is 0 Å². The minimum atomic E-state index is -1.24. The predicted octanol–water partition coefficient (Wildman–Crippen LogP) is 0.311. The number of amides is 2. The Morgan fingerprint density at radius 1 is 1.24 bits per heavy atom. The van der Waals surface area contributed by atoms with E-state index in [0.29, 0.717) is 12.5 Å². The van der Waals surface area contributed by atoms with Crippen LogP contribution < -0.4 is 10.6 Å². The zero-order chi connectivity index (χ0) is 12.7. The number of aliphatic carboxylic acids is 1. The molecule has 4 N–H and O–H groups in total. The summed E-state index contributed by atoms with van der Waals surface area (Å²) in [5, 5.41) is 22.2. The summed E-state index contributed by atoms with van der Waals surface area (Å²) in [5.74, 6) is -0.743. The molecule has 1 unspecified atom stereocenters. The molecule has 0 saturated heterocycles. The molecular weight excluding hydrogens is 224 g/mol. The van der Waals surface area contributed by atoms with Crippen molar-refractivity contribution in [2.24, 2.45) is 5.92 Å². The zero-order valence-electron chi connectivity index (χ0n) is 9.82. The number of carboxylic acids is 1. The van der Waals surface area contributed by atoms with Gasteiger partial charge in [-0.2, -0.15) is 0 Å². The molecule has 1 aliphatic carbocycles. The molecule has 6 heteroatoms. The first-order chi connectivity index (χ1) is 8.13. The second-order valence-corrected chi connectivity index (χ2v) is 4.43. The third-order valence-electron chi connectivity index (χ3n) is 3.06. The number of aliphatic hydroxyl groups excluding tert-OH is 1. The number of hydrogen-bond donors (Lipinski definition) is 4. The van der Waals surface area contributed by atoms with Gasteiger partial charge in [-0.3, -0.25) is 0 Å². The van der Waals surface area contributed by atoms with Crippen LogP contribution in [0.25, 0.3) is 0 Å². The molecule has 2 amide bonds. The Labute approximate surface area is 100 Å². The highest BCUT2D eigenvalue weighted by atomic mass is 16.4. The molecule has 1 atom stereocenters. The van der Waals surface area contributed by atoms with E-state index < -0.39 is 24.6 Å². The van der Waals surface area contributed by atoms with Gasteiger partial charge in [0, 0.05) is 6.54 Å². The van der Waals surface area contributed by atoms with Gasteiger partial charge in [0.25, 0.3) is 0 Å². The van der Waals surface area contributed by atoms with Crippen LogP contribution in [0.2, 0.25) is 0 Å². The summed E-state index contributed by atoms with van der Waals surface area (Å²) in [6, 6.07) is -1.77. The van der Waals surface area contributed by atoms with Crippen molar-refractivity contribution in [2.75, 3.05) is 13.2 Å². The molecule has 0 spiro atoms. The normalized spacial score (nSPS) is 18.4. The molecule has 6 nitrogen and oxygen atoms in total. The summed E-state index contributed by atoms with van der Waals surface area (Å²) in [7, 11) is 0. The molecule has 0 heterocycles. The van der Waals surface area contributed by atoms with Crippen molar-refractivity contribution in [2.45, 2.75) is 38.1 Å². The van der Waals surface area contributed by atoms with E-state index >= 15 is 0 Å². The molecule has 0 aliphatic heterocycles. The quantitative estimate of drug-likeness (QED) is 0.559. The van der Waals surface area contributed by atoms with Crippen molar-refractivity contribution in [3.63, 3.8) is 0 Å². The number of hydrogen-bond acceptors (Lipinski definition) is 3. The number of nitrogens with one attached hydrogen (secondary N) is 2. The topological polar surface area (TPSA) is 98.7 Å². The van der Waals surface area contributed by atoms with Crippen molar-refractivity contribution < 1.29 is 19.8 Å². The molecule has 0 aromatic heterocycles. The average Bonchev–Trinajstić information content (AvgIpc) is 2.34. The Bertz CT molecular complexity index is 264. The second-order valence-electron chi connectivity index (χ2n) is 4.43. The maximum atomic E-state index is 11.4. The lowest BCUT2D eigenvalue weighted by Crippen LogP contribution is -2.48. The fraction of sp³-hybridized carbons (Fsp3) is 0.818.